The van der Waals surface area contributed by atoms with Crippen LogP contribution < -0.4 is 5.32 Å². The van der Waals surface area contributed by atoms with Gasteiger partial charge in [0.15, 0.2) is 0 Å². The van der Waals surface area contributed by atoms with Crippen LogP contribution in [0.4, 0.5) is 0 Å². The van der Waals surface area contributed by atoms with Crippen LogP contribution in [0.3, 0.4) is 0 Å². The molecule has 5 nitrogen and oxygen atoms in total. The number of halogens is 1. The van der Waals surface area contributed by atoms with Crippen LogP contribution >= 0.6 is 15.9 Å². The summed E-state index contributed by atoms with van der Waals surface area (Å²) in [6.45, 7) is 0.351. The maximum absolute atomic E-state index is 12.3. The van der Waals surface area contributed by atoms with Gasteiger partial charge in [-0.1, -0.05) is 46.3 Å². The lowest BCUT2D eigenvalue weighted by molar-refractivity contribution is -0.146. The first-order chi connectivity index (χ1) is 10.1. The Kier molecular flexibility index (Phi) is 3.82. The highest BCUT2D eigenvalue weighted by atomic mass is 79.9. The van der Waals surface area contributed by atoms with Crippen molar-refractivity contribution in [2.45, 2.75) is 18.8 Å². The Balaban J connectivity index is 1.69. The van der Waals surface area contributed by atoms with Crippen LogP contribution in [0.15, 0.2) is 40.9 Å². The van der Waals surface area contributed by atoms with E-state index in [9.17, 15) is 14.7 Å². The summed E-state index contributed by atoms with van der Waals surface area (Å²) in [5.74, 6) is -2.75. The van der Waals surface area contributed by atoms with Gasteiger partial charge < -0.3 is 15.2 Å². The number of amides is 1. The second-order valence-electron chi connectivity index (χ2n) is 5.15. The summed E-state index contributed by atoms with van der Waals surface area (Å²) in [5.41, 5.74) is 0.942. The van der Waals surface area contributed by atoms with Gasteiger partial charge in [-0.2, -0.15) is 0 Å². The number of hydrogen-bond acceptors (Lipinski definition) is 3. The van der Waals surface area contributed by atoms with Crippen LogP contribution in [-0.2, 0) is 20.9 Å². The number of aliphatic carboxylic acids is 1. The van der Waals surface area contributed by atoms with E-state index in [1.807, 2.05) is 24.3 Å². The van der Waals surface area contributed by atoms with Gasteiger partial charge in [-0.3, -0.25) is 9.59 Å². The van der Waals surface area contributed by atoms with Crippen LogP contribution in [0.25, 0.3) is 0 Å². The Hall–Kier alpha value is -1.66. The summed E-state index contributed by atoms with van der Waals surface area (Å²) in [4.78, 5) is 23.7. The van der Waals surface area contributed by atoms with Crippen LogP contribution in [0.2, 0.25) is 0 Å². The summed E-state index contributed by atoms with van der Waals surface area (Å²) in [7, 11) is 0. The Morgan fingerprint density at radius 3 is 2.52 bits per heavy atom. The quantitative estimate of drug-likeness (QED) is 0.810. The van der Waals surface area contributed by atoms with Gasteiger partial charge in [-0.05, 0) is 11.6 Å². The number of carbonyl (C=O) groups excluding carboxylic acids is 1. The van der Waals surface area contributed by atoms with Gasteiger partial charge in [0, 0.05) is 11.0 Å². The molecule has 3 rings (SSSR count). The number of benzene rings is 1. The monoisotopic (exact) mass is 351 g/mol. The van der Waals surface area contributed by atoms with E-state index >= 15 is 0 Å². The van der Waals surface area contributed by atoms with Crippen molar-refractivity contribution < 1.29 is 19.4 Å². The molecule has 0 radical (unpaired) electrons. The predicted molar refractivity (Wildman–Crippen MR) is 78.4 cm³/mol. The van der Waals surface area contributed by atoms with Gasteiger partial charge in [0.05, 0.1) is 18.1 Å². The predicted octanol–water partition coefficient (Wildman–Crippen LogP) is 1.72. The number of fused-ring (bicyclic) bond motifs is 2. The molecule has 2 bridgehead atoms. The average molecular weight is 352 g/mol. The zero-order valence-electron chi connectivity index (χ0n) is 11.0. The zero-order chi connectivity index (χ0) is 15.0. The topological polar surface area (TPSA) is 75.6 Å². The highest BCUT2D eigenvalue weighted by molar-refractivity contribution is 9.10. The molecule has 2 aliphatic rings. The molecule has 0 aliphatic carbocycles. The molecule has 0 unspecified atom stereocenters. The second kappa shape index (κ2) is 5.61. The SMILES string of the molecule is O=C(NCc1ccccc1Br)[C@@H]1[C@H](C(=O)O)[C@@H]2C=C[C@H]1O2. The molecule has 1 saturated heterocycles. The summed E-state index contributed by atoms with van der Waals surface area (Å²) >= 11 is 3.42. The number of carboxylic acid groups (broad SMARTS) is 1. The molecule has 6 heteroatoms. The number of carboxylic acids is 1. The van der Waals surface area contributed by atoms with Gasteiger partial charge in [-0.15, -0.1) is 0 Å². The number of nitrogens with one attached hydrogen (secondary N) is 1. The van der Waals surface area contributed by atoms with Crippen molar-refractivity contribution in [1.29, 1.82) is 0 Å². The summed E-state index contributed by atoms with van der Waals surface area (Å²) in [6.07, 6.45) is 2.57. The highest BCUT2D eigenvalue weighted by Crippen LogP contribution is 2.39. The van der Waals surface area contributed by atoms with E-state index in [2.05, 4.69) is 21.2 Å². The van der Waals surface area contributed by atoms with Gasteiger partial charge in [0.1, 0.15) is 5.92 Å². The first-order valence-electron chi connectivity index (χ1n) is 6.65. The smallest absolute Gasteiger partial charge is 0.310 e. The van der Waals surface area contributed by atoms with Crippen molar-refractivity contribution in [2.24, 2.45) is 11.8 Å². The Labute approximate surface area is 130 Å². The van der Waals surface area contributed by atoms with E-state index in [-0.39, 0.29) is 5.91 Å². The van der Waals surface area contributed by atoms with Gasteiger partial charge >= 0.3 is 5.97 Å². The molecule has 0 spiro atoms. The molecule has 1 fully saturated rings. The van der Waals surface area contributed by atoms with Gasteiger partial charge in [-0.25, -0.2) is 0 Å². The molecular formula is C15H14BrNO4. The van der Waals surface area contributed by atoms with E-state index in [1.54, 1.807) is 12.2 Å². The van der Waals surface area contributed by atoms with Crippen molar-refractivity contribution in [3.63, 3.8) is 0 Å². The molecule has 1 amide bonds. The normalized spacial score (nSPS) is 29.6. The first kappa shape index (κ1) is 14.3. The molecule has 21 heavy (non-hydrogen) atoms. The molecule has 2 heterocycles. The fourth-order valence-corrected chi connectivity index (χ4v) is 3.28. The lowest BCUT2D eigenvalue weighted by Crippen LogP contribution is -2.42. The minimum atomic E-state index is -0.993. The van der Waals surface area contributed by atoms with Crippen molar-refractivity contribution in [2.75, 3.05) is 0 Å². The molecule has 0 aromatic heterocycles. The molecule has 110 valence electrons. The number of rotatable bonds is 4. The van der Waals surface area contributed by atoms with Crippen LogP contribution in [-0.4, -0.2) is 29.2 Å². The van der Waals surface area contributed by atoms with Crippen molar-refractivity contribution >= 4 is 27.8 Å². The van der Waals surface area contributed by atoms with Crippen molar-refractivity contribution in [1.82, 2.24) is 5.32 Å². The van der Waals surface area contributed by atoms with E-state index in [0.717, 1.165) is 10.0 Å². The molecule has 0 saturated carbocycles. The largest absolute Gasteiger partial charge is 0.481 e. The van der Waals surface area contributed by atoms with Crippen LogP contribution in [0, 0.1) is 11.8 Å². The third-order valence-corrected chi connectivity index (χ3v) is 4.67. The van der Waals surface area contributed by atoms with E-state index in [0.29, 0.717) is 6.54 Å². The first-order valence-corrected chi connectivity index (χ1v) is 7.45. The van der Waals surface area contributed by atoms with E-state index in [4.69, 9.17) is 4.74 Å². The molecule has 4 atom stereocenters. The summed E-state index contributed by atoms with van der Waals surface area (Å²) < 4.78 is 6.40. The fourth-order valence-electron chi connectivity index (χ4n) is 2.86. The Morgan fingerprint density at radius 2 is 1.86 bits per heavy atom. The molecule has 2 aliphatic heterocycles. The maximum atomic E-state index is 12.3. The van der Waals surface area contributed by atoms with Crippen molar-refractivity contribution in [3.8, 4) is 0 Å². The highest BCUT2D eigenvalue weighted by Gasteiger charge is 2.53. The third-order valence-electron chi connectivity index (χ3n) is 3.90. The lowest BCUT2D eigenvalue weighted by Gasteiger charge is -2.21. The number of hydrogen-bond donors (Lipinski definition) is 2. The fraction of sp³-hybridized carbons (Fsp3) is 0.333. The van der Waals surface area contributed by atoms with Crippen LogP contribution in [0.5, 0.6) is 0 Å². The van der Waals surface area contributed by atoms with Gasteiger partial charge in [0.2, 0.25) is 5.91 Å². The zero-order valence-corrected chi connectivity index (χ0v) is 12.6. The second-order valence-corrected chi connectivity index (χ2v) is 6.00. The minimum absolute atomic E-state index is 0.282. The average Bonchev–Trinajstić information content (AvgIpc) is 3.06. The lowest BCUT2D eigenvalue weighted by atomic mass is 9.82. The minimum Gasteiger partial charge on any atom is -0.481 e. The molecule has 1 aromatic rings. The molecule has 2 N–H and O–H groups in total. The van der Waals surface area contributed by atoms with Crippen LogP contribution in [0.1, 0.15) is 5.56 Å². The number of ether oxygens (including phenoxy) is 1. The maximum Gasteiger partial charge on any atom is 0.310 e. The molecule has 1 aromatic carbocycles. The third kappa shape index (κ3) is 2.61. The Morgan fingerprint density at radius 1 is 1.19 bits per heavy atom. The van der Waals surface area contributed by atoms with Crippen molar-refractivity contribution in [3.05, 3.63) is 46.5 Å². The van der Waals surface area contributed by atoms with E-state index in [1.165, 1.54) is 0 Å². The standard InChI is InChI=1S/C15H14BrNO4/c16-9-4-2-1-3-8(9)7-17-14(18)12-10-5-6-11(21-10)13(12)15(19)20/h1-6,10-13H,7H2,(H,17,18)(H,19,20)/t10-,11+,12+,13-/m1/s1. The number of carbonyl (C=O) groups is 2. The molecular weight excluding hydrogens is 338 g/mol. The van der Waals surface area contributed by atoms with Gasteiger partial charge in [0.25, 0.3) is 0 Å². The van der Waals surface area contributed by atoms with E-state index < -0.39 is 30.0 Å². The summed E-state index contributed by atoms with van der Waals surface area (Å²) in [5, 5.41) is 12.1. The summed E-state index contributed by atoms with van der Waals surface area (Å²) in [6, 6.07) is 7.57. The Bertz CT molecular complexity index is 615.